The van der Waals surface area contributed by atoms with Crippen LogP contribution in [-0.4, -0.2) is 42.5 Å². The van der Waals surface area contributed by atoms with Gasteiger partial charge in [-0.3, -0.25) is 9.59 Å². The normalized spacial score (nSPS) is 20.0. The van der Waals surface area contributed by atoms with Crippen molar-refractivity contribution in [1.29, 1.82) is 0 Å². The molecule has 2 amide bonds. The van der Waals surface area contributed by atoms with Gasteiger partial charge in [0, 0.05) is 13.1 Å². The molecule has 1 heterocycles. The van der Waals surface area contributed by atoms with Crippen molar-refractivity contribution in [1.82, 2.24) is 10.2 Å². The van der Waals surface area contributed by atoms with Gasteiger partial charge >= 0.3 is 6.61 Å². The summed E-state index contributed by atoms with van der Waals surface area (Å²) in [5.41, 5.74) is 0.0590. The molecule has 28 heavy (non-hydrogen) atoms. The average Bonchev–Trinajstić information content (AvgIpc) is 3.36. The molecule has 2 aliphatic rings. The zero-order valence-electron chi connectivity index (χ0n) is 16.0. The number of hydrogen-bond donors (Lipinski definition) is 1. The number of amides is 2. The van der Waals surface area contributed by atoms with Crippen LogP contribution in [-0.2, 0) is 4.79 Å². The first-order valence-electron chi connectivity index (χ1n) is 10.2. The third-order valence-electron chi connectivity index (χ3n) is 5.71. The Balaban J connectivity index is 1.56. The minimum Gasteiger partial charge on any atom is -0.434 e. The minimum atomic E-state index is -3.01. The number of benzene rings is 1. The summed E-state index contributed by atoms with van der Waals surface area (Å²) in [5, 5.41) is 2.95. The summed E-state index contributed by atoms with van der Waals surface area (Å²) in [5.74, 6) is 0.0160. The first-order chi connectivity index (χ1) is 13.6. The lowest BCUT2D eigenvalue weighted by Crippen LogP contribution is -2.46. The number of carbonyl (C=O) groups excluding carboxylic acids is 2. The van der Waals surface area contributed by atoms with Gasteiger partial charge in [0.05, 0.1) is 5.56 Å². The van der Waals surface area contributed by atoms with Crippen LogP contribution in [0.1, 0.15) is 61.7 Å². The maximum Gasteiger partial charge on any atom is 0.387 e. The standard InChI is InChI=1S/C21H28F2N2O3/c22-21(23)28-18-12-4-3-10-16(18)20(27)25-14-6-11-17(25)19(26)24-13-5-9-15-7-1-2-8-15/h3-4,10,12,15,17,21H,1-2,5-9,11,13-14H2,(H,24,26). The molecule has 1 aromatic carbocycles. The molecule has 1 aliphatic carbocycles. The Bertz CT molecular complexity index is 677. The Hall–Kier alpha value is -2.18. The van der Waals surface area contributed by atoms with Crippen molar-refractivity contribution in [3.63, 3.8) is 0 Å². The Kier molecular flexibility index (Phi) is 7.23. The lowest BCUT2D eigenvalue weighted by molar-refractivity contribution is -0.124. The summed E-state index contributed by atoms with van der Waals surface area (Å²) >= 11 is 0. The van der Waals surface area contributed by atoms with Gasteiger partial charge in [-0.1, -0.05) is 37.8 Å². The molecule has 7 heteroatoms. The number of rotatable bonds is 8. The number of carbonyl (C=O) groups is 2. The second kappa shape index (κ2) is 9.85. The monoisotopic (exact) mass is 394 g/mol. The first-order valence-corrected chi connectivity index (χ1v) is 10.2. The van der Waals surface area contributed by atoms with Crippen LogP contribution in [0.5, 0.6) is 5.75 Å². The van der Waals surface area contributed by atoms with Crippen molar-refractivity contribution < 1.29 is 23.1 Å². The Labute approximate surface area is 164 Å². The molecule has 1 saturated heterocycles. The van der Waals surface area contributed by atoms with Gasteiger partial charge in [-0.05, 0) is 43.7 Å². The first kappa shape index (κ1) is 20.6. The van der Waals surface area contributed by atoms with E-state index in [1.165, 1.54) is 48.8 Å². The quantitative estimate of drug-likeness (QED) is 0.679. The summed E-state index contributed by atoms with van der Waals surface area (Å²) in [6, 6.07) is 5.37. The zero-order chi connectivity index (χ0) is 19.9. The largest absolute Gasteiger partial charge is 0.434 e. The summed E-state index contributed by atoms with van der Waals surface area (Å²) in [7, 11) is 0. The van der Waals surface area contributed by atoms with Crippen molar-refractivity contribution in [2.45, 2.75) is 64.0 Å². The van der Waals surface area contributed by atoms with Crippen molar-refractivity contribution in [3.8, 4) is 5.75 Å². The van der Waals surface area contributed by atoms with Gasteiger partial charge < -0.3 is 15.0 Å². The van der Waals surface area contributed by atoms with E-state index in [1.807, 2.05) is 0 Å². The van der Waals surface area contributed by atoms with E-state index >= 15 is 0 Å². The number of hydrogen-bond acceptors (Lipinski definition) is 3. The number of ether oxygens (including phenoxy) is 1. The van der Waals surface area contributed by atoms with Crippen LogP contribution in [0.4, 0.5) is 8.78 Å². The molecule has 1 atom stereocenters. The number of para-hydroxylation sites is 1. The van der Waals surface area contributed by atoms with Gasteiger partial charge in [0.1, 0.15) is 11.8 Å². The maximum atomic E-state index is 12.9. The average molecular weight is 394 g/mol. The van der Waals surface area contributed by atoms with E-state index in [0.29, 0.717) is 25.9 Å². The summed E-state index contributed by atoms with van der Waals surface area (Å²) in [4.78, 5) is 27.0. The predicted octanol–water partition coefficient (Wildman–Crippen LogP) is 3.98. The molecule has 1 aromatic rings. The molecule has 0 aromatic heterocycles. The highest BCUT2D eigenvalue weighted by molar-refractivity contribution is 6.00. The van der Waals surface area contributed by atoms with Crippen LogP contribution in [0.25, 0.3) is 0 Å². The van der Waals surface area contributed by atoms with Crippen LogP contribution in [0, 0.1) is 5.92 Å². The van der Waals surface area contributed by atoms with Crippen molar-refractivity contribution in [3.05, 3.63) is 29.8 Å². The summed E-state index contributed by atoms with van der Waals surface area (Å²) in [6.07, 6.45) is 8.58. The van der Waals surface area contributed by atoms with Gasteiger partial charge in [0.15, 0.2) is 0 Å². The summed E-state index contributed by atoms with van der Waals surface area (Å²) < 4.78 is 29.7. The van der Waals surface area contributed by atoms with Crippen LogP contribution in [0.2, 0.25) is 0 Å². The predicted molar refractivity (Wildman–Crippen MR) is 101 cm³/mol. The van der Waals surface area contributed by atoms with E-state index in [-0.39, 0.29) is 17.2 Å². The van der Waals surface area contributed by atoms with E-state index in [4.69, 9.17) is 0 Å². The molecular weight excluding hydrogens is 366 g/mol. The van der Waals surface area contributed by atoms with Gasteiger partial charge in [0.2, 0.25) is 5.91 Å². The van der Waals surface area contributed by atoms with Crippen molar-refractivity contribution >= 4 is 11.8 Å². The van der Waals surface area contributed by atoms with Crippen LogP contribution >= 0.6 is 0 Å². The van der Waals surface area contributed by atoms with E-state index in [2.05, 4.69) is 10.1 Å². The molecule has 1 unspecified atom stereocenters. The smallest absolute Gasteiger partial charge is 0.387 e. The summed E-state index contributed by atoms with van der Waals surface area (Å²) in [6.45, 7) is -1.97. The van der Waals surface area contributed by atoms with Crippen LogP contribution in [0.15, 0.2) is 24.3 Å². The Morgan fingerprint density at radius 3 is 2.64 bits per heavy atom. The molecule has 1 aliphatic heterocycles. The van der Waals surface area contributed by atoms with Crippen LogP contribution < -0.4 is 10.1 Å². The maximum absolute atomic E-state index is 12.9. The molecule has 1 N–H and O–H groups in total. The van der Waals surface area contributed by atoms with Gasteiger partial charge in [-0.15, -0.1) is 0 Å². The fraction of sp³-hybridized carbons (Fsp3) is 0.619. The third kappa shape index (κ3) is 5.20. The minimum absolute atomic E-state index is 0.0590. The molecule has 0 radical (unpaired) electrons. The zero-order valence-corrected chi connectivity index (χ0v) is 16.0. The molecule has 154 valence electrons. The Morgan fingerprint density at radius 1 is 1.14 bits per heavy atom. The van der Waals surface area contributed by atoms with Crippen LogP contribution in [0.3, 0.4) is 0 Å². The SMILES string of the molecule is O=C(NCCCC1CCCC1)C1CCCN1C(=O)c1ccccc1OC(F)F. The van der Waals surface area contributed by atoms with Gasteiger partial charge in [-0.2, -0.15) is 8.78 Å². The third-order valence-corrected chi connectivity index (χ3v) is 5.71. The second-order valence-electron chi connectivity index (χ2n) is 7.61. The van der Waals surface area contributed by atoms with Crippen molar-refractivity contribution in [2.24, 2.45) is 5.92 Å². The van der Waals surface area contributed by atoms with E-state index in [1.54, 1.807) is 6.07 Å². The number of nitrogens with one attached hydrogen (secondary N) is 1. The van der Waals surface area contributed by atoms with Gasteiger partial charge in [-0.25, -0.2) is 0 Å². The number of halogens is 2. The topological polar surface area (TPSA) is 58.6 Å². The number of alkyl halides is 2. The second-order valence-corrected chi connectivity index (χ2v) is 7.61. The number of nitrogens with zero attached hydrogens (tertiary/aromatic N) is 1. The molecule has 3 rings (SSSR count). The lowest BCUT2D eigenvalue weighted by Gasteiger charge is -2.25. The fourth-order valence-corrected chi connectivity index (χ4v) is 4.30. The molecule has 0 bridgehead atoms. The van der Waals surface area contributed by atoms with E-state index in [9.17, 15) is 18.4 Å². The molecule has 5 nitrogen and oxygen atoms in total. The van der Waals surface area contributed by atoms with E-state index < -0.39 is 18.6 Å². The molecular formula is C21H28F2N2O3. The van der Waals surface area contributed by atoms with Crippen molar-refractivity contribution in [2.75, 3.05) is 13.1 Å². The fourth-order valence-electron chi connectivity index (χ4n) is 4.30. The highest BCUT2D eigenvalue weighted by Gasteiger charge is 2.35. The highest BCUT2D eigenvalue weighted by atomic mass is 19.3. The number of likely N-dealkylation sites (tertiary alicyclic amines) is 1. The Morgan fingerprint density at radius 2 is 1.89 bits per heavy atom. The van der Waals surface area contributed by atoms with Gasteiger partial charge in [0.25, 0.3) is 5.91 Å². The molecule has 0 spiro atoms. The van der Waals surface area contributed by atoms with E-state index in [0.717, 1.165) is 18.8 Å². The lowest BCUT2D eigenvalue weighted by atomic mass is 10.0. The highest BCUT2D eigenvalue weighted by Crippen LogP contribution is 2.28. The molecule has 2 fully saturated rings. The molecule has 1 saturated carbocycles.